The van der Waals surface area contributed by atoms with Crippen LogP contribution < -0.4 is 4.90 Å². The van der Waals surface area contributed by atoms with Crippen LogP contribution in [-0.2, 0) is 16.2 Å². The zero-order valence-corrected chi connectivity index (χ0v) is 13.2. The Morgan fingerprint density at radius 3 is 2.65 bits per heavy atom. The van der Waals surface area contributed by atoms with Gasteiger partial charge in [0.25, 0.3) is 5.91 Å². The molecule has 0 radical (unpaired) electrons. The lowest BCUT2D eigenvalue weighted by Crippen LogP contribution is -2.30. The predicted molar refractivity (Wildman–Crippen MR) is 80.7 cm³/mol. The highest BCUT2D eigenvalue weighted by Gasteiger charge is 2.40. The standard InChI is InChI=1S/C15H21ClN2O2/c1-5-17(4)12-7-6-11(13(16)8-12)9-18-14(19)15(2,3)10-20-18/h6-8H,5,9-10H2,1-4H3. The van der Waals surface area contributed by atoms with Crippen LogP contribution in [0.3, 0.4) is 0 Å². The van der Waals surface area contributed by atoms with Crippen LogP contribution in [0.4, 0.5) is 5.69 Å². The number of benzene rings is 1. The van der Waals surface area contributed by atoms with Crippen LogP contribution in [0.2, 0.25) is 5.02 Å². The molecule has 110 valence electrons. The average Bonchev–Trinajstić information content (AvgIpc) is 2.67. The molecule has 1 heterocycles. The molecule has 0 atom stereocenters. The van der Waals surface area contributed by atoms with Gasteiger partial charge in [0, 0.05) is 24.3 Å². The first-order valence-electron chi connectivity index (χ1n) is 6.79. The number of hydrogen-bond donors (Lipinski definition) is 0. The van der Waals surface area contributed by atoms with Gasteiger partial charge >= 0.3 is 0 Å². The minimum atomic E-state index is -0.450. The Hall–Kier alpha value is -1.26. The third-order valence-electron chi connectivity index (χ3n) is 3.65. The number of halogens is 1. The Morgan fingerprint density at radius 1 is 1.45 bits per heavy atom. The molecule has 1 saturated heterocycles. The van der Waals surface area contributed by atoms with Gasteiger partial charge in [-0.25, -0.2) is 5.06 Å². The molecule has 0 saturated carbocycles. The summed E-state index contributed by atoms with van der Waals surface area (Å²) in [5.41, 5.74) is 1.51. The van der Waals surface area contributed by atoms with Crippen LogP contribution in [0.15, 0.2) is 18.2 Å². The summed E-state index contributed by atoms with van der Waals surface area (Å²) in [4.78, 5) is 19.7. The van der Waals surface area contributed by atoms with Crippen molar-refractivity contribution >= 4 is 23.2 Å². The molecule has 1 aliphatic heterocycles. The van der Waals surface area contributed by atoms with E-state index < -0.39 is 5.41 Å². The van der Waals surface area contributed by atoms with E-state index in [1.165, 1.54) is 5.06 Å². The summed E-state index contributed by atoms with van der Waals surface area (Å²) in [6, 6.07) is 5.88. The van der Waals surface area contributed by atoms with Crippen molar-refractivity contribution < 1.29 is 9.63 Å². The molecule has 0 N–H and O–H groups in total. The molecule has 0 bridgehead atoms. The number of carbonyl (C=O) groups is 1. The summed E-state index contributed by atoms with van der Waals surface area (Å²) in [5, 5.41) is 2.06. The molecule has 0 aromatic heterocycles. The van der Waals surface area contributed by atoms with E-state index in [1.54, 1.807) is 0 Å². The summed E-state index contributed by atoms with van der Waals surface area (Å²) >= 11 is 6.31. The van der Waals surface area contributed by atoms with Crippen molar-refractivity contribution in [1.82, 2.24) is 5.06 Å². The van der Waals surface area contributed by atoms with Crippen LogP contribution in [0.1, 0.15) is 26.3 Å². The predicted octanol–water partition coefficient (Wildman–Crippen LogP) is 3.10. The minimum Gasteiger partial charge on any atom is -0.375 e. The van der Waals surface area contributed by atoms with E-state index in [1.807, 2.05) is 39.1 Å². The van der Waals surface area contributed by atoms with Gasteiger partial charge in [0.1, 0.15) is 0 Å². The van der Waals surface area contributed by atoms with Gasteiger partial charge in [0.2, 0.25) is 0 Å². The van der Waals surface area contributed by atoms with E-state index in [2.05, 4.69) is 11.8 Å². The van der Waals surface area contributed by atoms with Gasteiger partial charge < -0.3 is 4.90 Å². The molecule has 20 heavy (non-hydrogen) atoms. The highest BCUT2D eigenvalue weighted by molar-refractivity contribution is 6.31. The van der Waals surface area contributed by atoms with Crippen LogP contribution in [0.5, 0.6) is 0 Å². The lowest BCUT2D eigenvalue weighted by molar-refractivity contribution is -0.165. The maximum absolute atomic E-state index is 12.1. The second kappa shape index (κ2) is 5.62. The van der Waals surface area contributed by atoms with Crippen LogP contribution >= 0.6 is 11.6 Å². The number of nitrogens with zero attached hydrogens (tertiary/aromatic N) is 2. The van der Waals surface area contributed by atoms with Crippen molar-refractivity contribution in [2.24, 2.45) is 5.41 Å². The minimum absolute atomic E-state index is 0.00307. The van der Waals surface area contributed by atoms with E-state index in [0.717, 1.165) is 17.8 Å². The highest BCUT2D eigenvalue weighted by Crippen LogP contribution is 2.30. The van der Waals surface area contributed by atoms with Gasteiger partial charge in [-0.1, -0.05) is 17.7 Å². The zero-order chi connectivity index (χ0) is 14.9. The quantitative estimate of drug-likeness (QED) is 0.856. The average molecular weight is 297 g/mol. The van der Waals surface area contributed by atoms with Crippen LogP contribution in [-0.4, -0.2) is 31.2 Å². The van der Waals surface area contributed by atoms with Crippen molar-refractivity contribution in [3.05, 3.63) is 28.8 Å². The monoisotopic (exact) mass is 296 g/mol. The topological polar surface area (TPSA) is 32.8 Å². The Morgan fingerprint density at radius 2 is 2.15 bits per heavy atom. The lowest BCUT2D eigenvalue weighted by Gasteiger charge is -2.20. The summed E-state index contributed by atoms with van der Waals surface area (Å²) in [6.45, 7) is 7.57. The fourth-order valence-electron chi connectivity index (χ4n) is 2.05. The second-order valence-electron chi connectivity index (χ2n) is 5.79. The molecule has 1 fully saturated rings. The molecule has 4 nitrogen and oxygen atoms in total. The van der Waals surface area contributed by atoms with Gasteiger partial charge in [-0.05, 0) is 38.5 Å². The van der Waals surface area contributed by atoms with Gasteiger partial charge in [0.05, 0.1) is 18.6 Å². The Kier molecular flexibility index (Phi) is 4.25. The smallest absolute Gasteiger partial charge is 0.254 e. The molecule has 0 unspecified atom stereocenters. The third-order valence-corrected chi connectivity index (χ3v) is 4.00. The van der Waals surface area contributed by atoms with E-state index in [4.69, 9.17) is 16.4 Å². The first-order chi connectivity index (χ1) is 9.35. The molecular formula is C15H21ClN2O2. The Balaban J connectivity index is 2.13. The van der Waals surface area contributed by atoms with Gasteiger partial charge in [-0.2, -0.15) is 0 Å². The zero-order valence-electron chi connectivity index (χ0n) is 12.4. The van der Waals surface area contributed by atoms with E-state index in [-0.39, 0.29) is 5.91 Å². The number of hydrogen-bond acceptors (Lipinski definition) is 3. The number of amides is 1. The molecule has 0 spiro atoms. The van der Waals surface area contributed by atoms with E-state index >= 15 is 0 Å². The number of hydroxylamine groups is 2. The molecule has 1 aromatic carbocycles. The van der Waals surface area contributed by atoms with E-state index in [0.29, 0.717) is 18.2 Å². The first kappa shape index (κ1) is 15.1. The van der Waals surface area contributed by atoms with Crippen molar-refractivity contribution in [3.63, 3.8) is 0 Å². The van der Waals surface area contributed by atoms with Crippen LogP contribution in [0.25, 0.3) is 0 Å². The Labute approximate surface area is 125 Å². The van der Waals surface area contributed by atoms with Gasteiger partial charge in [0.15, 0.2) is 0 Å². The summed E-state index contributed by atoms with van der Waals surface area (Å²) in [5.74, 6) is 0.00307. The number of rotatable bonds is 4. The van der Waals surface area contributed by atoms with Crippen molar-refractivity contribution in [2.75, 3.05) is 25.1 Å². The van der Waals surface area contributed by atoms with Crippen LogP contribution in [0, 0.1) is 5.41 Å². The summed E-state index contributed by atoms with van der Waals surface area (Å²) in [7, 11) is 2.01. The third kappa shape index (κ3) is 2.91. The maximum atomic E-state index is 12.1. The molecule has 5 heteroatoms. The SMILES string of the molecule is CCN(C)c1ccc(CN2OCC(C)(C)C2=O)c(Cl)c1. The summed E-state index contributed by atoms with van der Waals surface area (Å²) in [6.07, 6.45) is 0. The number of anilines is 1. The Bertz CT molecular complexity index is 517. The fourth-order valence-corrected chi connectivity index (χ4v) is 2.29. The first-order valence-corrected chi connectivity index (χ1v) is 7.17. The molecular weight excluding hydrogens is 276 g/mol. The summed E-state index contributed by atoms with van der Waals surface area (Å²) < 4.78 is 0. The molecule has 1 amide bonds. The van der Waals surface area contributed by atoms with Crippen molar-refractivity contribution in [2.45, 2.75) is 27.3 Å². The number of carbonyl (C=O) groups excluding carboxylic acids is 1. The lowest BCUT2D eigenvalue weighted by atomic mass is 9.95. The highest BCUT2D eigenvalue weighted by atomic mass is 35.5. The second-order valence-corrected chi connectivity index (χ2v) is 6.20. The largest absolute Gasteiger partial charge is 0.375 e. The van der Waals surface area contributed by atoms with Crippen molar-refractivity contribution in [3.8, 4) is 0 Å². The maximum Gasteiger partial charge on any atom is 0.254 e. The molecule has 0 aliphatic carbocycles. The van der Waals surface area contributed by atoms with E-state index in [9.17, 15) is 4.79 Å². The normalized spacial score (nSPS) is 17.6. The van der Waals surface area contributed by atoms with Gasteiger partial charge in [-0.3, -0.25) is 9.63 Å². The van der Waals surface area contributed by atoms with Gasteiger partial charge in [-0.15, -0.1) is 0 Å². The fraction of sp³-hybridized carbons (Fsp3) is 0.533. The molecule has 1 aliphatic rings. The molecule has 1 aromatic rings. The molecule has 2 rings (SSSR count). The van der Waals surface area contributed by atoms with Crippen molar-refractivity contribution in [1.29, 1.82) is 0 Å².